The monoisotopic (exact) mass is 278 g/mol. The van der Waals surface area contributed by atoms with Crippen LogP contribution in [0.3, 0.4) is 0 Å². The molecule has 106 valence electrons. The summed E-state index contributed by atoms with van der Waals surface area (Å²) in [4.78, 5) is 14.7. The molecule has 1 aromatic heterocycles. The maximum absolute atomic E-state index is 10.6. The lowest BCUT2D eigenvalue weighted by molar-refractivity contribution is -0.150. The van der Waals surface area contributed by atoms with Gasteiger partial charge < -0.3 is 19.1 Å². The molecular weight excluding hydrogens is 264 g/mol. The van der Waals surface area contributed by atoms with Crippen molar-refractivity contribution < 1.29 is 23.9 Å². The number of rotatable bonds is 6. The van der Waals surface area contributed by atoms with Crippen molar-refractivity contribution in [1.82, 2.24) is 10.1 Å². The standard InChI is InChI=1S/C13H14N2O5/c1-8(13(16)17)19-7-11-14-12(15-20-11)9-3-5-10(18-2)6-4-9/h3-6,8H,7H2,1-2H3,(H,16,17). The summed E-state index contributed by atoms with van der Waals surface area (Å²) in [5.41, 5.74) is 0.770. The first-order valence-corrected chi connectivity index (χ1v) is 5.91. The molecule has 0 aliphatic carbocycles. The Bertz CT molecular complexity index is 579. The van der Waals surface area contributed by atoms with Crippen LogP contribution in [0.4, 0.5) is 0 Å². The minimum atomic E-state index is -1.04. The van der Waals surface area contributed by atoms with E-state index in [0.29, 0.717) is 5.82 Å². The highest BCUT2D eigenvalue weighted by Crippen LogP contribution is 2.19. The van der Waals surface area contributed by atoms with E-state index >= 15 is 0 Å². The first kappa shape index (κ1) is 14.0. The van der Waals surface area contributed by atoms with Gasteiger partial charge in [-0.1, -0.05) is 5.16 Å². The quantitative estimate of drug-likeness (QED) is 0.859. The van der Waals surface area contributed by atoms with Crippen LogP contribution < -0.4 is 4.74 Å². The summed E-state index contributed by atoms with van der Waals surface area (Å²) in [6.07, 6.45) is -0.925. The molecule has 0 amide bonds. The predicted molar refractivity (Wildman–Crippen MR) is 68.2 cm³/mol. The van der Waals surface area contributed by atoms with Gasteiger partial charge in [-0.2, -0.15) is 4.98 Å². The fourth-order valence-electron chi connectivity index (χ4n) is 1.44. The van der Waals surface area contributed by atoms with Gasteiger partial charge in [-0.3, -0.25) is 0 Å². The molecule has 2 aromatic rings. The van der Waals surface area contributed by atoms with Gasteiger partial charge in [-0.15, -0.1) is 0 Å². The molecule has 1 unspecified atom stereocenters. The Labute approximate surface area is 115 Å². The number of carbonyl (C=O) groups is 1. The van der Waals surface area contributed by atoms with Crippen molar-refractivity contribution in [2.45, 2.75) is 19.6 Å². The lowest BCUT2D eigenvalue weighted by Gasteiger charge is -2.04. The summed E-state index contributed by atoms with van der Waals surface area (Å²) >= 11 is 0. The van der Waals surface area contributed by atoms with Crippen LogP contribution in [0.15, 0.2) is 28.8 Å². The summed E-state index contributed by atoms with van der Waals surface area (Å²) < 4.78 is 15.1. The Morgan fingerprint density at radius 1 is 1.40 bits per heavy atom. The number of nitrogens with zero attached hydrogens (tertiary/aromatic N) is 2. The van der Waals surface area contributed by atoms with Crippen LogP contribution in [0.2, 0.25) is 0 Å². The average Bonchev–Trinajstić information content (AvgIpc) is 2.93. The molecule has 0 saturated carbocycles. The third-order valence-corrected chi connectivity index (χ3v) is 2.62. The van der Waals surface area contributed by atoms with Crippen molar-refractivity contribution in [2.75, 3.05) is 7.11 Å². The number of hydrogen-bond donors (Lipinski definition) is 1. The highest BCUT2D eigenvalue weighted by atomic mass is 16.5. The van der Waals surface area contributed by atoms with Gasteiger partial charge in [0.25, 0.3) is 5.89 Å². The molecule has 0 aliphatic rings. The Morgan fingerprint density at radius 2 is 2.10 bits per heavy atom. The molecule has 1 atom stereocenters. The SMILES string of the molecule is COc1ccc(-c2noc(COC(C)C(=O)O)n2)cc1. The molecular formula is C13H14N2O5. The van der Waals surface area contributed by atoms with E-state index in [2.05, 4.69) is 10.1 Å². The first-order valence-electron chi connectivity index (χ1n) is 5.91. The van der Waals surface area contributed by atoms with Crippen LogP contribution in [0, 0.1) is 0 Å². The molecule has 0 bridgehead atoms. The number of aliphatic carboxylic acids is 1. The third-order valence-electron chi connectivity index (χ3n) is 2.62. The summed E-state index contributed by atoms with van der Waals surface area (Å²) in [5.74, 6) is 0.328. The minimum Gasteiger partial charge on any atom is -0.497 e. The number of hydrogen-bond acceptors (Lipinski definition) is 6. The smallest absolute Gasteiger partial charge is 0.332 e. The molecule has 7 heteroatoms. The topological polar surface area (TPSA) is 94.7 Å². The van der Waals surface area contributed by atoms with E-state index in [1.54, 1.807) is 31.4 Å². The van der Waals surface area contributed by atoms with Gasteiger partial charge in [0.2, 0.25) is 5.82 Å². The molecule has 0 aliphatic heterocycles. The van der Waals surface area contributed by atoms with E-state index in [-0.39, 0.29) is 12.5 Å². The second-order valence-electron chi connectivity index (χ2n) is 4.03. The maximum Gasteiger partial charge on any atom is 0.332 e. The fourth-order valence-corrected chi connectivity index (χ4v) is 1.44. The number of carboxylic acid groups (broad SMARTS) is 1. The first-order chi connectivity index (χ1) is 9.60. The van der Waals surface area contributed by atoms with Gasteiger partial charge in [0.05, 0.1) is 7.11 Å². The molecule has 0 fully saturated rings. The van der Waals surface area contributed by atoms with Gasteiger partial charge >= 0.3 is 5.97 Å². The Kier molecular flexibility index (Phi) is 4.31. The molecule has 20 heavy (non-hydrogen) atoms. The average molecular weight is 278 g/mol. The lowest BCUT2D eigenvalue weighted by atomic mass is 10.2. The van der Waals surface area contributed by atoms with Crippen molar-refractivity contribution in [1.29, 1.82) is 0 Å². The lowest BCUT2D eigenvalue weighted by Crippen LogP contribution is -2.19. The molecule has 0 spiro atoms. The van der Waals surface area contributed by atoms with Crippen LogP contribution >= 0.6 is 0 Å². The van der Waals surface area contributed by atoms with Crippen LogP contribution in [0.25, 0.3) is 11.4 Å². The van der Waals surface area contributed by atoms with Crippen LogP contribution in [-0.4, -0.2) is 34.4 Å². The fraction of sp³-hybridized carbons (Fsp3) is 0.308. The number of benzene rings is 1. The van der Waals surface area contributed by atoms with Crippen LogP contribution in [0.5, 0.6) is 5.75 Å². The summed E-state index contributed by atoms with van der Waals surface area (Å²) in [5, 5.41) is 12.5. The number of ether oxygens (including phenoxy) is 2. The zero-order valence-corrected chi connectivity index (χ0v) is 11.1. The maximum atomic E-state index is 10.6. The molecule has 7 nitrogen and oxygen atoms in total. The van der Waals surface area contributed by atoms with Crippen LogP contribution in [-0.2, 0) is 16.1 Å². The van der Waals surface area contributed by atoms with Crippen LogP contribution in [0.1, 0.15) is 12.8 Å². The van der Waals surface area contributed by atoms with Gasteiger partial charge in [0, 0.05) is 5.56 Å². The van der Waals surface area contributed by atoms with Crippen molar-refractivity contribution in [3.63, 3.8) is 0 Å². The summed E-state index contributed by atoms with van der Waals surface area (Å²) in [6, 6.07) is 7.17. The summed E-state index contributed by atoms with van der Waals surface area (Å²) in [6.45, 7) is 1.39. The van der Waals surface area contributed by atoms with E-state index in [1.807, 2.05) is 0 Å². The normalized spacial score (nSPS) is 12.1. The Morgan fingerprint density at radius 3 is 2.70 bits per heavy atom. The highest BCUT2D eigenvalue weighted by molar-refractivity contribution is 5.71. The minimum absolute atomic E-state index is 0.0450. The summed E-state index contributed by atoms with van der Waals surface area (Å²) in [7, 11) is 1.59. The van der Waals surface area contributed by atoms with Gasteiger partial charge in [0.15, 0.2) is 6.10 Å². The number of aromatic nitrogens is 2. The molecule has 1 aromatic carbocycles. The number of methoxy groups -OCH3 is 1. The predicted octanol–water partition coefficient (Wildman–Crippen LogP) is 1.73. The number of carboxylic acids is 1. The Hall–Kier alpha value is -2.41. The van der Waals surface area contributed by atoms with E-state index < -0.39 is 12.1 Å². The van der Waals surface area contributed by atoms with Crippen molar-refractivity contribution >= 4 is 5.97 Å². The van der Waals surface area contributed by atoms with E-state index in [4.69, 9.17) is 19.1 Å². The molecule has 2 rings (SSSR count). The van der Waals surface area contributed by atoms with Crippen molar-refractivity contribution in [3.05, 3.63) is 30.2 Å². The molecule has 1 heterocycles. The molecule has 0 radical (unpaired) electrons. The highest BCUT2D eigenvalue weighted by Gasteiger charge is 2.14. The van der Waals surface area contributed by atoms with E-state index in [0.717, 1.165) is 11.3 Å². The Balaban J connectivity index is 2.02. The second-order valence-corrected chi connectivity index (χ2v) is 4.03. The zero-order valence-electron chi connectivity index (χ0n) is 11.1. The van der Waals surface area contributed by atoms with E-state index in [9.17, 15) is 4.79 Å². The third kappa shape index (κ3) is 3.33. The van der Waals surface area contributed by atoms with Gasteiger partial charge in [-0.05, 0) is 31.2 Å². The van der Waals surface area contributed by atoms with Gasteiger partial charge in [-0.25, -0.2) is 4.79 Å². The van der Waals surface area contributed by atoms with Gasteiger partial charge in [0.1, 0.15) is 12.4 Å². The zero-order chi connectivity index (χ0) is 14.5. The van der Waals surface area contributed by atoms with Crippen molar-refractivity contribution in [2.24, 2.45) is 0 Å². The molecule has 1 N–H and O–H groups in total. The molecule has 0 saturated heterocycles. The largest absolute Gasteiger partial charge is 0.497 e. The second kappa shape index (κ2) is 6.16. The van der Waals surface area contributed by atoms with E-state index in [1.165, 1.54) is 6.92 Å². The van der Waals surface area contributed by atoms with Crippen molar-refractivity contribution in [3.8, 4) is 17.1 Å².